The third kappa shape index (κ3) is 7.37. The van der Waals surface area contributed by atoms with Crippen molar-refractivity contribution in [2.24, 2.45) is 5.92 Å². The highest BCUT2D eigenvalue weighted by molar-refractivity contribution is 7.92. The first-order chi connectivity index (χ1) is 15.7. The number of benzene rings is 2. The van der Waals surface area contributed by atoms with Crippen LogP contribution < -0.4 is 9.62 Å². The molecular formula is C22H25F3N2O6S. The van der Waals surface area contributed by atoms with Crippen LogP contribution in [0.1, 0.15) is 35.7 Å². The minimum Gasteiger partial charge on any atom is -0.478 e. The van der Waals surface area contributed by atoms with Crippen LogP contribution in [0.3, 0.4) is 0 Å². The van der Waals surface area contributed by atoms with Crippen molar-refractivity contribution in [2.45, 2.75) is 37.8 Å². The van der Waals surface area contributed by atoms with Crippen molar-refractivity contribution in [2.75, 3.05) is 22.7 Å². The molecule has 0 unspecified atom stereocenters. The predicted octanol–water partition coefficient (Wildman–Crippen LogP) is 4.36. The first kappa shape index (κ1) is 27.0. The van der Waals surface area contributed by atoms with Gasteiger partial charge in [-0.25, -0.2) is 18.0 Å². The maximum Gasteiger partial charge on any atom is 0.490 e. The summed E-state index contributed by atoms with van der Waals surface area (Å²) in [5, 5.41) is 16.7. The van der Waals surface area contributed by atoms with Crippen LogP contribution in [0.2, 0.25) is 0 Å². The zero-order valence-electron chi connectivity index (χ0n) is 18.5. The lowest BCUT2D eigenvalue weighted by molar-refractivity contribution is -0.192. The zero-order chi connectivity index (χ0) is 25.7. The van der Waals surface area contributed by atoms with Crippen LogP contribution in [0.4, 0.5) is 24.5 Å². The number of sulfonamides is 1. The molecule has 0 amide bonds. The minimum atomic E-state index is -5.08. The van der Waals surface area contributed by atoms with E-state index in [1.54, 1.807) is 24.3 Å². The number of hydrogen-bond acceptors (Lipinski definition) is 5. The van der Waals surface area contributed by atoms with Gasteiger partial charge >= 0.3 is 18.1 Å². The van der Waals surface area contributed by atoms with Gasteiger partial charge in [0.2, 0.25) is 0 Å². The Kier molecular flexibility index (Phi) is 8.54. The maximum atomic E-state index is 12.5. The number of carboxylic acid groups (broad SMARTS) is 2. The van der Waals surface area contributed by atoms with Crippen LogP contribution in [0.5, 0.6) is 0 Å². The standard InChI is InChI=1S/C20H24N2O4S.C2HF3O2/c1-14-3-6-17(7-4-14)27(25,26)21-16-5-8-19(18(13-16)20(23)24)22-11-9-15(2)10-12-22;3-2(4,5)1(6)7/h3-8,13,15,21H,9-12H2,1-2H3,(H,23,24);(H,6,7). The lowest BCUT2D eigenvalue weighted by Crippen LogP contribution is -2.33. The van der Waals surface area contributed by atoms with Crippen molar-refractivity contribution in [3.63, 3.8) is 0 Å². The van der Waals surface area contributed by atoms with Gasteiger partial charge in [-0.3, -0.25) is 4.72 Å². The lowest BCUT2D eigenvalue weighted by atomic mass is 9.98. The number of halogens is 3. The fraction of sp³-hybridized carbons (Fsp3) is 0.364. The van der Waals surface area contributed by atoms with E-state index in [-0.39, 0.29) is 16.1 Å². The molecule has 2 aromatic carbocycles. The van der Waals surface area contributed by atoms with E-state index < -0.39 is 28.1 Å². The van der Waals surface area contributed by atoms with Gasteiger partial charge in [0.1, 0.15) is 0 Å². The number of aryl methyl sites for hydroxylation is 1. The number of alkyl halides is 3. The first-order valence-corrected chi connectivity index (χ1v) is 11.7. The van der Waals surface area contributed by atoms with E-state index in [1.165, 1.54) is 18.2 Å². The molecule has 1 aliphatic rings. The average molecular weight is 503 g/mol. The highest BCUT2D eigenvalue weighted by Crippen LogP contribution is 2.29. The molecule has 1 saturated heterocycles. The van der Waals surface area contributed by atoms with Crippen LogP contribution in [-0.4, -0.2) is 49.8 Å². The molecule has 3 rings (SSSR count). The number of aliphatic carboxylic acids is 1. The van der Waals surface area contributed by atoms with Crippen molar-refractivity contribution >= 4 is 33.3 Å². The second-order valence-electron chi connectivity index (χ2n) is 7.93. The number of nitrogens with zero attached hydrogens (tertiary/aromatic N) is 1. The number of carboxylic acids is 2. The minimum absolute atomic E-state index is 0.105. The molecule has 1 fully saturated rings. The summed E-state index contributed by atoms with van der Waals surface area (Å²) in [6, 6.07) is 11.2. The molecule has 0 aromatic heterocycles. The molecule has 1 aliphatic heterocycles. The number of aromatic carboxylic acids is 1. The van der Waals surface area contributed by atoms with Gasteiger partial charge < -0.3 is 15.1 Å². The molecule has 0 spiro atoms. The van der Waals surface area contributed by atoms with E-state index in [4.69, 9.17) is 9.90 Å². The largest absolute Gasteiger partial charge is 0.490 e. The normalized spacial score (nSPS) is 14.7. The Morgan fingerprint density at radius 1 is 1.03 bits per heavy atom. The molecule has 34 heavy (non-hydrogen) atoms. The Balaban J connectivity index is 0.000000509. The van der Waals surface area contributed by atoms with Crippen molar-refractivity contribution in [3.8, 4) is 0 Å². The molecule has 1 heterocycles. The van der Waals surface area contributed by atoms with Crippen molar-refractivity contribution in [1.29, 1.82) is 0 Å². The molecular weight excluding hydrogens is 477 g/mol. The summed E-state index contributed by atoms with van der Waals surface area (Å²) in [6.07, 6.45) is -3.05. The van der Waals surface area contributed by atoms with Crippen LogP contribution in [-0.2, 0) is 14.8 Å². The van der Waals surface area contributed by atoms with Crippen LogP contribution in [0.25, 0.3) is 0 Å². The number of carbonyl (C=O) groups is 2. The van der Waals surface area contributed by atoms with Gasteiger partial charge in [-0.05, 0) is 56.0 Å². The van der Waals surface area contributed by atoms with Crippen molar-refractivity contribution in [1.82, 2.24) is 0 Å². The lowest BCUT2D eigenvalue weighted by Gasteiger charge is -2.33. The second-order valence-corrected chi connectivity index (χ2v) is 9.61. The van der Waals surface area contributed by atoms with E-state index in [0.29, 0.717) is 11.6 Å². The van der Waals surface area contributed by atoms with E-state index in [1.807, 2.05) is 6.92 Å². The summed E-state index contributed by atoms with van der Waals surface area (Å²) in [7, 11) is -3.77. The third-order valence-electron chi connectivity index (χ3n) is 5.18. The Bertz CT molecular complexity index is 1130. The van der Waals surface area contributed by atoms with E-state index >= 15 is 0 Å². The summed E-state index contributed by atoms with van der Waals surface area (Å²) in [5.41, 5.74) is 1.94. The maximum absolute atomic E-state index is 12.5. The van der Waals surface area contributed by atoms with Gasteiger partial charge in [0.25, 0.3) is 10.0 Å². The highest BCUT2D eigenvalue weighted by Gasteiger charge is 2.38. The molecule has 0 atom stereocenters. The number of anilines is 2. The summed E-state index contributed by atoms with van der Waals surface area (Å²) < 4.78 is 59.3. The summed E-state index contributed by atoms with van der Waals surface area (Å²) >= 11 is 0. The van der Waals surface area contributed by atoms with E-state index in [2.05, 4.69) is 16.5 Å². The molecule has 0 saturated carbocycles. The fourth-order valence-electron chi connectivity index (χ4n) is 3.23. The fourth-order valence-corrected chi connectivity index (χ4v) is 4.28. The smallest absolute Gasteiger partial charge is 0.478 e. The Labute approximate surface area is 195 Å². The van der Waals surface area contributed by atoms with Gasteiger partial charge in [-0.2, -0.15) is 13.2 Å². The Morgan fingerprint density at radius 3 is 2.03 bits per heavy atom. The molecule has 3 N–H and O–H groups in total. The monoisotopic (exact) mass is 502 g/mol. The third-order valence-corrected chi connectivity index (χ3v) is 6.57. The predicted molar refractivity (Wildman–Crippen MR) is 120 cm³/mol. The van der Waals surface area contributed by atoms with Crippen molar-refractivity contribution < 1.29 is 41.4 Å². The van der Waals surface area contributed by atoms with Gasteiger partial charge in [-0.1, -0.05) is 24.6 Å². The highest BCUT2D eigenvalue weighted by atomic mass is 32.2. The number of hydrogen-bond donors (Lipinski definition) is 3. The molecule has 0 aliphatic carbocycles. The zero-order valence-corrected chi connectivity index (χ0v) is 19.3. The molecule has 2 aromatic rings. The van der Waals surface area contributed by atoms with E-state index in [9.17, 15) is 31.5 Å². The van der Waals surface area contributed by atoms with Gasteiger partial charge in [0.15, 0.2) is 0 Å². The summed E-state index contributed by atoms with van der Waals surface area (Å²) in [5.74, 6) is -3.19. The number of rotatable bonds is 5. The summed E-state index contributed by atoms with van der Waals surface area (Å²) in [4.78, 5) is 22.8. The average Bonchev–Trinajstić information content (AvgIpc) is 2.74. The molecule has 186 valence electrons. The SMILES string of the molecule is Cc1ccc(S(=O)(=O)Nc2ccc(N3CCC(C)CC3)c(C(=O)O)c2)cc1.O=C(O)C(F)(F)F. The Hall–Kier alpha value is -3.28. The van der Waals surface area contributed by atoms with Gasteiger partial charge in [0.05, 0.1) is 16.1 Å². The first-order valence-electron chi connectivity index (χ1n) is 10.2. The number of nitrogens with one attached hydrogen (secondary N) is 1. The van der Waals surface area contributed by atoms with Crippen LogP contribution in [0, 0.1) is 12.8 Å². The van der Waals surface area contributed by atoms with E-state index in [0.717, 1.165) is 31.5 Å². The van der Waals surface area contributed by atoms with Gasteiger partial charge in [0, 0.05) is 18.8 Å². The van der Waals surface area contributed by atoms with Crippen molar-refractivity contribution in [3.05, 3.63) is 53.6 Å². The molecule has 0 radical (unpaired) electrons. The molecule has 8 nitrogen and oxygen atoms in total. The Morgan fingerprint density at radius 2 is 1.56 bits per heavy atom. The molecule has 0 bridgehead atoms. The number of piperidine rings is 1. The van der Waals surface area contributed by atoms with Crippen LogP contribution in [0.15, 0.2) is 47.4 Å². The topological polar surface area (TPSA) is 124 Å². The summed E-state index contributed by atoms with van der Waals surface area (Å²) in [6.45, 7) is 5.67. The van der Waals surface area contributed by atoms with Crippen LogP contribution >= 0.6 is 0 Å². The quantitative estimate of drug-likeness (QED) is 0.555. The second kappa shape index (κ2) is 10.8. The van der Waals surface area contributed by atoms with Gasteiger partial charge in [-0.15, -0.1) is 0 Å². The molecule has 12 heteroatoms.